The third-order valence-electron chi connectivity index (χ3n) is 1.24. The number of nitrogens with one attached hydrogen (secondary N) is 1. The van der Waals surface area contributed by atoms with Gasteiger partial charge in [0.15, 0.2) is 0 Å². The Hall–Kier alpha value is -0.780. The molecule has 0 fully saturated rings. The van der Waals surface area contributed by atoms with Crippen LogP contribution in [0.15, 0.2) is 24.3 Å². The van der Waals surface area contributed by atoms with Crippen LogP contribution in [0.4, 0.5) is 5.69 Å². The molecular formula is C7H6INO2. The first kappa shape index (κ1) is 8.32. The number of anilines is 1. The van der Waals surface area contributed by atoms with E-state index in [9.17, 15) is 4.79 Å². The Morgan fingerprint density at radius 1 is 1.36 bits per heavy atom. The normalized spacial score (nSPS) is 9.18. The van der Waals surface area contributed by atoms with Gasteiger partial charge in [-0.05, 0) is 24.3 Å². The topological polar surface area (TPSA) is 49.3 Å². The van der Waals surface area contributed by atoms with Gasteiger partial charge in [0.05, 0.1) is 28.4 Å². The Labute approximate surface area is 77.9 Å². The number of hydrogen-bond acceptors (Lipinski definition) is 2. The summed E-state index contributed by atoms with van der Waals surface area (Å²) in [7, 11) is 0. The standard InChI is InChI=1S/C7H6INO2/c8-9-6-3-1-5(2-4-6)7(10)11/h1-4,9H,(H,10,11). The van der Waals surface area contributed by atoms with Crippen molar-refractivity contribution in [2.45, 2.75) is 0 Å². The van der Waals surface area contributed by atoms with E-state index in [1.165, 1.54) is 0 Å². The Morgan fingerprint density at radius 3 is 2.27 bits per heavy atom. The number of halogens is 1. The Morgan fingerprint density at radius 2 is 1.91 bits per heavy atom. The molecular weight excluding hydrogens is 257 g/mol. The van der Waals surface area contributed by atoms with Crippen molar-refractivity contribution >= 4 is 34.5 Å². The molecule has 0 aliphatic rings. The summed E-state index contributed by atoms with van der Waals surface area (Å²) in [4.78, 5) is 10.4. The lowest BCUT2D eigenvalue weighted by Gasteiger charge is -1.97. The SMILES string of the molecule is O=C(O)c1ccc(NI)cc1. The minimum atomic E-state index is -0.898. The lowest BCUT2D eigenvalue weighted by atomic mass is 10.2. The zero-order valence-electron chi connectivity index (χ0n) is 5.54. The molecule has 1 rings (SSSR count). The minimum Gasteiger partial charge on any atom is -0.478 e. The summed E-state index contributed by atoms with van der Waals surface area (Å²) in [5, 5.41) is 8.53. The Kier molecular flexibility index (Phi) is 2.70. The quantitative estimate of drug-likeness (QED) is 0.634. The monoisotopic (exact) mass is 263 g/mol. The molecule has 1 aromatic rings. The van der Waals surface area contributed by atoms with Gasteiger partial charge in [0.25, 0.3) is 0 Å². The zero-order valence-corrected chi connectivity index (χ0v) is 7.70. The van der Waals surface area contributed by atoms with Gasteiger partial charge in [-0.1, -0.05) is 0 Å². The van der Waals surface area contributed by atoms with Gasteiger partial charge in [-0.15, -0.1) is 0 Å². The second kappa shape index (κ2) is 3.56. The van der Waals surface area contributed by atoms with Gasteiger partial charge in [-0.3, -0.25) is 0 Å². The van der Waals surface area contributed by atoms with Crippen LogP contribution in [0.2, 0.25) is 0 Å². The van der Waals surface area contributed by atoms with E-state index in [-0.39, 0.29) is 0 Å². The minimum absolute atomic E-state index is 0.306. The van der Waals surface area contributed by atoms with Crippen LogP contribution in [0, 0.1) is 0 Å². The molecule has 0 saturated carbocycles. The highest BCUT2D eigenvalue weighted by molar-refractivity contribution is 14.1. The van der Waals surface area contributed by atoms with Crippen molar-refractivity contribution in [3.63, 3.8) is 0 Å². The summed E-state index contributed by atoms with van der Waals surface area (Å²) in [5.41, 5.74) is 1.20. The van der Waals surface area contributed by atoms with Gasteiger partial charge in [-0.25, -0.2) is 4.79 Å². The van der Waals surface area contributed by atoms with Crippen LogP contribution in [0.1, 0.15) is 10.4 Å². The molecule has 58 valence electrons. The van der Waals surface area contributed by atoms with Crippen molar-refractivity contribution in [3.8, 4) is 0 Å². The van der Waals surface area contributed by atoms with Crippen LogP contribution >= 0.6 is 22.9 Å². The fourth-order valence-corrected chi connectivity index (χ4v) is 1.04. The molecule has 4 heteroatoms. The first-order valence-electron chi connectivity index (χ1n) is 2.94. The summed E-state index contributed by atoms with van der Waals surface area (Å²) in [6, 6.07) is 6.55. The predicted octanol–water partition coefficient (Wildman–Crippen LogP) is 2.15. The van der Waals surface area contributed by atoms with Crippen LogP contribution in [-0.4, -0.2) is 11.1 Å². The summed E-state index contributed by atoms with van der Waals surface area (Å²) in [5.74, 6) is -0.898. The molecule has 0 unspecified atom stereocenters. The highest BCUT2D eigenvalue weighted by atomic mass is 127. The summed E-state index contributed by atoms with van der Waals surface area (Å²) >= 11 is 1.98. The van der Waals surface area contributed by atoms with Gasteiger partial charge >= 0.3 is 5.97 Å². The first-order chi connectivity index (χ1) is 5.24. The maximum Gasteiger partial charge on any atom is 0.335 e. The molecule has 0 atom stereocenters. The van der Waals surface area contributed by atoms with Gasteiger partial charge < -0.3 is 8.64 Å². The molecule has 11 heavy (non-hydrogen) atoms. The van der Waals surface area contributed by atoms with Crippen LogP contribution < -0.4 is 3.53 Å². The largest absolute Gasteiger partial charge is 0.478 e. The maximum absolute atomic E-state index is 10.4. The number of carboxylic acid groups (broad SMARTS) is 1. The van der Waals surface area contributed by atoms with Crippen molar-refractivity contribution in [1.29, 1.82) is 0 Å². The molecule has 0 amide bonds. The highest BCUT2D eigenvalue weighted by Gasteiger charge is 1.99. The molecule has 0 aliphatic heterocycles. The molecule has 0 aliphatic carbocycles. The van der Waals surface area contributed by atoms with Gasteiger partial charge in [0.1, 0.15) is 0 Å². The van der Waals surface area contributed by atoms with Crippen LogP contribution in [0.3, 0.4) is 0 Å². The zero-order chi connectivity index (χ0) is 8.27. The van der Waals surface area contributed by atoms with Gasteiger partial charge in [0, 0.05) is 5.69 Å². The van der Waals surface area contributed by atoms with E-state index in [1.807, 2.05) is 22.9 Å². The molecule has 0 aromatic heterocycles. The average Bonchev–Trinajstić information content (AvgIpc) is 2.05. The van der Waals surface area contributed by atoms with Crippen LogP contribution in [0.25, 0.3) is 0 Å². The number of hydrogen-bond donors (Lipinski definition) is 2. The molecule has 0 spiro atoms. The molecule has 0 heterocycles. The molecule has 0 radical (unpaired) electrons. The second-order valence-corrected chi connectivity index (χ2v) is 2.52. The van der Waals surface area contributed by atoms with E-state index in [4.69, 9.17) is 5.11 Å². The molecule has 3 nitrogen and oxygen atoms in total. The van der Waals surface area contributed by atoms with E-state index < -0.39 is 5.97 Å². The fraction of sp³-hybridized carbons (Fsp3) is 0. The van der Waals surface area contributed by atoms with Crippen molar-refractivity contribution in [2.75, 3.05) is 3.53 Å². The van der Waals surface area contributed by atoms with Crippen molar-refractivity contribution in [1.82, 2.24) is 0 Å². The molecule has 1 aromatic carbocycles. The van der Waals surface area contributed by atoms with Crippen molar-refractivity contribution in [2.24, 2.45) is 0 Å². The lowest BCUT2D eigenvalue weighted by Crippen LogP contribution is -1.94. The first-order valence-corrected chi connectivity index (χ1v) is 4.02. The van der Waals surface area contributed by atoms with E-state index in [0.29, 0.717) is 5.56 Å². The van der Waals surface area contributed by atoms with Crippen LogP contribution in [-0.2, 0) is 0 Å². The highest BCUT2D eigenvalue weighted by Crippen LogP contribution is 2.10. The Bertz CT molecular complexity index is 258. The summed E-state index contributed by atoms with van der Waals surface area (Å²) in [6.45, 7) is 0. The number of aromatic carboxylic acids is 1. The smallest absolute Gasteiger partial charge is 0.335 e. The number of benzene rings is 1. The Balaban J connectivity index is 2.91. The van der Waals surface area contributed by atoms with Gasteiger partial charge in [0.2, 0.25) is 0 Å². The lowest BCUT2D eigenvalue weighted by molar-refractivity contribution is 0.0697. The second-order valence-electron chi connectivity index (χ2n) is 1.98. The van der Waals surface area contributed by atoms with E-state index >= 15 is 0 Å². The van der Waals surface area contributed by atoms with E-state index in [1.54, 1.807) is 24.3 Å². The summed E-state index contributed by atoms with van der Waals surface area (Å²) < 4.78 is 2.87. The molecule has 2 N–H and O–H groups in total. The van der Waals surface area contributed by atoms with Crippen molar-refractivity contribution in [3.05, 3.63) is 29.8 Å². The maximum atomic E-state index is 10.4. The summed E-state index contributed by atoms with van der Waals surface area (Å²) in [6.07, 6.45) is 0. The third-order valence-corrected chi connectivity index (χ3v) is 1.86. The number of carbonyl (C=O) groups is 1. The van der Waals surface area contributed by atoms with Crippen molar-refractivity contribution < 1.29 is 9.90 Å². The number of carboxylic acids is 1. The fourth-order valence-electron chi connectivity index (χ4n) is 0.676. The molecule has 0 saturated heterocycles. The number of rotatable bonds is 2. The van der Waals surface area contributed by atoms with Gasteiger partial charge in [-0.2, -0.15) is 0 Å². The average molecular weight is 263 g/mol. The van der Waals surface area contributed by atoms with E-state index in [0.717, 1.165) is 5.69 Å². The van der Waals surface area contributed by atoms with Crippen LogP contribution in [0.5, 0.6) is 0 Å². The third kappa shape index (κ3) is 2.07. The molecule has 0 bridgehead atoms. The van der Waals surface area contributed by atoms with E-state index in [2.05, 4.69) is 3.53 Å². The predicted molar refractivity (Wildman–Crippen MR) is 51.0 cm³/mol.